The molecule has 1 fully saturated rings. The van der Waals surface area contributed by atoms with Gasteiger partial charge in [0.15, 0.2) is 5.75 Å². The lowest BCUT2D eigenvalue weighted by Crippen LogP contribution is -2.33. The Labute approximate surface area is 131 Å². The summed E-state index contributed by atoms with van der Waals surface area (Å²) in [5, 5.41) is 0. The maximum Gasteiger partial charge on any atom is 0.153 e. The highest BCUT2D eigenvalue weighted by atomic mass is 16.5. The predicted molar refractivity (Wildman–Crippen MR) is 89.4 cm³/mol. The standard InChI is InChI=1S/C19H20N2O/c1-21-12-10-14(11-13-21)19-15-6-2-4-8-17(15)22-18-9-5-3-7-16(18)20-19/h2-9,14H,10-13H2,1H3. The van der Waals surface area contributed by atoms with Gasteiger partial charge >= 0.3 is 0 Å². The second kappa shape index (κ2) is 5.58. The van der Waals surface area contributed by atoms with Crippen molar-refractivity contribution in [1.29, 1.82) is 0 Å². The van der Waals surface area contributed by atoms with E-state index >= 15 is 0 Å². The molecule has 22 heavy (non-hydrogen) atoms. The smallest absolute Gasteiger partial charge is 0.153 e. The molecule has 0 aliphatic carbocycles. The fourth-order valence-corrected chi connectivity index (χ4v) is 3.30. The minimum Gasteiger partial charge on any atom is -0.454 e. The molecule has 2 heterocycles. The largest absolute Gasteiger partial charge is 0.454 e. The van der Waals surface area contributed by atoms with Crippen LogP contribution >= 0.6 is 0 Å². The molecule has 2 aliphatic heterocycles. The third-order valence-corrected chi connectivity index (χ3v) is 4.59. The first-order chi connectivity index (χ1) is 10.8. The fraction of sp³-hybridized carbons (Fsp3) is 0.316. The molecular weight excluding hydrogens is 272 g/mol. The van der Waals surface area contributed by atoms with Crippen molar-refractivity contribution in [3.05, 3.63) is 54.1 Å². The number of hydrogen-bond donors (Lipinski definition) is 0. The molecular formula is C19H20N2O. The number of rotatable bonds is 1. The minimum atomic E-state index is 0.507. The maximum absolute atomic E-state index is 6.12. The Balaban J connectivity index is 1.82. The third kappa shape index (κ3) is 2.42. The molecule has 1 saturated heterocycles. The quantitative estimate of drug-likeness (QED) is 0.784. The van der Waals surface area contributed by atoms with Gasteiger partial charge in [0.25, 0.3) is 0 Å². The van der Waals surface area contributed by atoms with Crippen molar-refractivity contribution in [1.82, 2.24) is 4.90 Å². The summed E-state index contributed by atoms with van der Waals surface area (Å²) >= 11 is 0. The van der Waals surface area contributed by atoms with Crippen LogP contribution in [0.3, 0.4) is 0 Å². The van der Waals surface area contributed by atoms with Gasteiger partial charge in [-0.3, -0.25) is 0 Å². The van der Waals surface area contributed by atoms with E-state index in [4.69, 9.17) is 9.73 Å². The van der Waals surface area contributed by atoms with E-state index in [-0.39, 0.29) is 0 Å². The Hall–Kier alpha value is -2.13. The highest BCUT2D eigenvalue weighted by Gasteiger charge is 2.27. The molecule has 2 aromatic carbocycles. The number of hydrogen-bond acceptors (Lipinski definition) is 3. The van der Waals surface area contributed by atoms with Crippen LogP contribution in [0.1, 0.15) is 18.4 Å². The number of likely N-dealkylation sites (tertiary alicyclic amines) is 1. The molecule has 112 valence electrons. The number of benzene rings is 2. The number of ether oxygens (including phenoxy) is 1. The van der Waals surface area contributed by atoms with Crippen molar-refractivity contribution in [2.24, 2.45) is 10.9 Å². The van der Waals surface area contributed by atoms with Gasteiger partial charge in [0.2, 0.25) is 0 Å². The van der Waals surface area contributed by atoms with Crippen LogP contribution in [-0.2, 0) is 0 Å². The first-order valence-electron chi connectivity index (χ1n) is 7.95. The zero-order valence-corrected chi connectivity index (χ0v) is 12.8. The molecule has 0 unspecified atom stereocenters. The third-order valence-electron chi connectivity index (χ3n) is 4.59. The second-order valence-electron chi connectivity index (χ2n) is 6.14. The zero-order valence-electron chi connectivity index (χ0n) is 12.8. The van der Waals surface area contributed by atoms with Crippen LogP contribution in [0.5, 0.6) is 11.5 Å². The summed E-state index contributed by atoms with van der Waals surface area (Å²) in [5.41, 5.74) is 3.27. The Morgan fingerprint density at radius 2 is 1.64 bits per heavy atom. The average molecular weight is 292 g/mol. The Morgan fingerprint density at radius 3 is 2.45 bits per heavy atom. The first kappa shape index (κ1) is 13.5. The molecule has 0 saturated carbocycles. The van der Waals surface area contributed by atoms with E-state index in [1.165, 1.54) is 5.71 Å². The number of nitrogens with zero attached hydrogens (tertiary/aromatic N) is 2. The molecule has 0 radical (unpaired) electrons. The number of para-hydroxylation sites is 3. The van der Waals surface area contributed by atoms with Gasteiger partial charge in [0.05, 0.1) is 5.71 Å². The van der Waals surface area contributed by atoms with Gasteiger partial charge in [0.1, 0.15) is 11.4 Å². The lowest BCUT2D eigenvalue weighted by Gasteiger charge is -2.30. The van der Waals surface area contributed by atoms with Gasteiger partial charge in [-0.15, -0.1) is 0 Å². The van der Waals surface area contributed by atoms with Crippen molar-refractivity contribution < 1.29 is 4.74 Å². The Bertz CT molecular complexity index is 715. The molecule has 0 bridgehead atoms. The molecule has 3 heteroatoms. The Morgan fingerprint density at radius 1 is 0.955 bits per heavy atom. The van der Waals surface area contributed by atoms with Crippen molar-refractivity contribution >= 4 is 11.4 Å². The van der Waals surface area contributed by atoms with Gasteiger partial charge in [-0.25, -0.2) is 4.99 Å². The molecule has 2 aromatic rings. The molecule has 2 aliphatic rings. The van der Waals surface area contributed by atoms with Crippen molar-refractivity contribution in [2.45, 2.75) is 12.8 Å². The SMILES string of the molecule is CN1CCC(C2=Nc3ccccc3Oc3ccccc32)CC1. The molecule has 4 rings (SSSR count). The van der Waals surface area contributed by atoms with Gasteiger partial charge in [-0.2, -0.15) is 0 Å². The summed E-state index contributed by atoms with van der Waals surface area (Å²) in [6.45, 7) is 2.27. The molecule has 0 N–H and O–H groups in total. The second-order valence-corrected chi connectivity index (χ2v) is 6.14. The highest BCUT2D eigenvalue weighted by Crippen LogP contribution is 2.39. The van der Waals surface area contributed by atoms with E-state index < -0.39 is 0 Å². The van der Waals surface area contributed by atoms with Gasteiger partial charge in [-0.05, 0) is 57.2 Å². The molecule has 0 amide bonds. The van der Waals surface area contributed by atoms with Crippen LogP contribution < -0.4 is 4.74 Å². The Kier molecular flexibility index (Phi) is 3.43. The van der Waals surface area contributed by atoms with E-state index in [1.54, 1.807) is 0 Å². The van der Waals surface area contributed by atoms with E-state index in [1.807, 2.05) is 36.4 Å². The lowest BCUT2D eigenvalue weighted by molar-refractivity contribution is 0.252. The summed E-state index contributed by atoms with van der Waals surface area (Å²) in [5.74, 6) is 2.27. The number of fused-ring (bicyclic) bond motifs is 2. The number of aliphatic imine (C=N–C) groups is 1. The van der Waals surface area contributed by atoms with E-state index in [0.29, 0.717) is 5.92 Å². The maximum atomic E-state index is 6.12. The summed E-state index contributed by atoms with van der Waals surface area (Å²) in [7, 11) is 2.19. The zero-order chi connectivity index (χ0) is 14.9. The van der Waals surface area contributed by atoms with Crippen molar-refractivity contribution in [2.75, 3.05) is 20.1 Å². The topological polar surface area (TPSA) is 24.8 Å². The summed E-state index contributed by atoms with van der Waals surface area (Å²) in [4.78, 5) is 7.40. The minimum absolute atomic E-state index is 0.507. The van der Waals surface area contributed by atoms with Gasteiger partial charge < -0.3 is 9.64 Å². The fourth-order valence-electron chi connectivity index (χ4n) is 3.30. The van der Waals surface area contributed by atoms with Crippen LogP contribution in [0.15, 0.2) is 53.5 Å². The number of piperidine rings is 1. The lowest BCUT2D eigenvalue weighted by atomic mass is 9.88. The van der Waals surface area contributed by atoms with Crippen LogP contribution in [-0.4, -0.2) is 30.7 Å². The molecule has 0 atom stereocenters. The average Bonchev–Trinajstić information content (AvgIpc) is 2.72. The van der Waals surface area contributed by atoms with E-state index in [9.17, 15) is 0 Å². The molecule has 0 aromatic heterocycles. The first-order valence-corrected chi connectivity index (χ1v) is 7.95. The highest BCUT2D eigenvalue weighted by molar-refractivity contribution is 6.06. The summed E-state index contributed by atoms with van der Waals surface area (Å²) < 4.78 is 6.12. The van der Waals surface area contributed by atoms with Crippen LogP contribution in [0.2, 0.25) is 0 Å². The monoisotopic (exact) mass is 292 g/mol. The summed E-state index contributed by atoms with van der Waals surface area (Å²) in [6, 6.07) is 16.3. The van der Waals surface area contributed by atoms with Crippen LogP contribution in [0.25, 0.3) is 0 Å². The normalized spacial score (nSPS) is 18.7. The van der Waals surface area contributed by atoms with E-state index in [0.717, 1.165) is 48.7 Å². The van der Waals surface area contributed by atoms with E-state index in [2.05, 4.69) is 24.1 Å². The predicted octanol–water partition coefficient (Wildman–Crippen LogP) is 4.25. The molecule has 0 spiro atoms. The van der Waals surface area contributed by atoms with Crippen molar-refractivity contribution in [3.63, 3.8) is 0 Å². The van der Waals surface area contributed by atoms with Crippen LogP contribution in [0.4, 0.5) is 5.69 Å². The van der Waals surface area contributed by atoms with Gasteiger partial charge in [0, 0.05) is 11.5 Å². The van der Waals surface area contributed by atoms with Crippen molar-refractivity contribution in [3.8, 4) is 11.5 Å². The summed E-state index contributed by atoms with van der Waals surface area (Å²) in [6.07, 6.45) is 2.32. The van der Waals surface area contributed by atoms with Crippen LogP contribution in [0, 0.1) is 5.92 Å². The van der Waals surface area contributed by atoms with Gasteiger partial charge in [-0.1, -0.05) is 24.3 Å². The molecule has 3 nitrogen and oxygen atoms in total.